The fourth-order valence-corrected chi connectivity index (χ4v) is 1.78. The molecule has 0 aliphatic rings. The highest BCUT2D eigenvalue weighted by molar-refractivity contribution is 5.25. The van der Waals surface area contributed by atoms with Crippen LogP contribution in [0.5, 0.6) is 5.75 Å². The van der Waals surface area contributed by atoms with Crippen LogP contribution in [-0.2, 0) is 0 Å². The molecule has 0 fully saturated rings. The Kier molecular flexibility index (Phi) is 5.55. The van der Waals surface area contributed by atoms with Crippen molar-refractivity contribution < 1.29 is 4.74 Å². The second-order valence-corrected chi connectivity index (χ2v) is 4.24. The highest BCUT2D eigenvalue weighted by Gasteiger charge is 2.23. The first-order valence-electron chi connectivity index (χ1n) is 6.27. The van der Waals surface area contributed by atoms with Gasteiger partial charge in [-0.3, -0.25) is 0 Å². The van der Waals surface area contributed by atoms with Crippen molar-refractivity contribution in [1.82, 2.24) is 0 Å². The highest BCUT2D eigenvalue weighted by atomic mass is 16.5. The van der Waals surface area contributed by atoms with E-state index in [2.05, 4.69) is 20.1 Å². The number of ether oxygens (including phenoxy) is 1. The Morgan fingerprint density at radius 2 is 1.76 bits per heavy atom. The van der Waals surface area contributed by atoms with Crippen molar-refractivity contribution >= 4 is 0 Å². The van der Waals surface area contributed by atoms with Crippen LogP contribution < -0.4 is 4.74 Å². The molecule has 1 heteroatoms. The molecule has 0 bridgehead atoms. The number of benzene rings is 1. The van der Waals surface area contributed by atoms with Gasteiger partial charge in [0.1, 0.15) is 11.4 Å². The number of rotatable bonds is 8. The summed E-state index contributed by atoms with van der Waals surface area (Å²) in [6, 6.07) is 9.84. The minimum Gasteiger partial charge on any atom is -0.479 e. The van der Waals surface area contributed by atoms with Crippen LogP contribution in [0.2, 0.25) is 0 Å². The molecule has 0 aliphatic heterocycles. The molecule has 0 amide bonds. The van der Waals surface area contributed by atoms with Crippen molar-refractivity contribution in [3.63, 3.8) is 0 Å². The van der Waals surface area contributed by atoms with Crippen LogP contribution in [0.15, 0.2) is 55.6 Å². The largest absolute Gasteiger partial charge is 0.479 e. The maximum Gasteiger partial charge on any atom is 0.145 e. The third-order valence-corrected chi connectivity index (χ3v) is 2.91. The normalized spacial score (nSPS) is 10.9. The zero-order valence-electron chi connectivity index (χ0n) is 10.7. The molecule has 0 radical (unpaired) electrons. The predicted molar refractivity (Wildman–Crippen MR) is 74.3 cm³/mol. The number of hydrogen-bond donors (Lipinski definition) is 0. The lowest BCUT2D eigenvalue weighted by atomic mass is 9.96. The second-order valence-electron chi connectivity index (χ2n) is 4.24. The van der Waals surface area contributed by atoms with Crippen molar-refractivity contribution in [2.75, 3.05) is 0 Å². The van der Waals surface area contributed by atoms with Gasteiger partial charge < -0.3 is 4.74 Å². The Morgan fingerprint density at radius 1 is 1.12 bits per heavy atom. The average molecular weight is 230 g/mol. The fourth-order valence-electron chi connectivity index (χ4n) is 1.78. The Morgan fingerprint density at radius 3 is 2.29 bits per heavy atom. The topological polar surface area (TPSA) is 9.23 Å². The van der Waals surface area contributed by atoms with E-state index in [4.69, 9.17) is 4.74 Å². The van der Waals surface area contributed by atoms with Gasteiger partial charge in [0, 0.05) is 0 Å². The van der Waals surface area contributed by atoms with Gasteiger partial charge in [-0.2, -0.15) is 0 Å². The standard InChI is InChI=1S/C16H22O/c1-4-7-11-14-16(5-2,6-3)17-15-12-9-8-10-13-15/h5-6,8-10,12-13H,2-4,7,11,14H2,1H3. The van der Waals surface area contributed by atoms with E-state index in [9.17, 15) is 0 Å². The van der Waals surface area contributed by atoms with E-state index in [1.54, 1.807) is 0 Å². The summed E-state index contributed by atoms with van der Waals surface area (Å²) >= 11 is 0. The first kappa shape index (κ1) is 13.6. The molecular weight excluding hydrogens is 208 g/mol. The van der Waals surface area contributed by atoms with Crippen molar-refractivity contribution in [2.24, 2.45) is 0 Å². The number of hydrogen-bond acceptors (Lipinski definition) is 1. The van der Waals surface area contributed by atoms with E-state index in [0.29, 0.717) is 0 Å². The molecule has 1 aromatic carbocycles. The van der Waals surface area contributed by atoms with Crippen LogP contribution >= 0.6 is 0 Å². The molecule has 1 nitrogen and oxygen atoms in total. The van der Waals surface area contributed by atoms with E-state index >= 15 is 0 Å². The average Bonchev–Trinajstić information content (AvgIpc) is 2.39. The molecular formula is C16H22O. The van der Waals surface area contributed by atoms with Crippen LogP contribution in [0.1, 0.15) is 32.6 Å². The first-order valence-corrected chi connectivity index (χ1v) is 6.27. The molecule has 0 saturated heterocycles. The van der Waals surface area contributed by atoms with Crippen LogP contribution in [-0.4, -0.2) is 5.60 Å². The predicted octanol–water partition coefficient (Wildman–Crippen LogP) is 4.76. The van der Waals surface area contributed by atoms with Gasteiger partial charge in [-0.1, -0.05) is 51.1 Å². The van der Waals surface area contributed by atoms with Gasteiger partial charge in [0.25, 0.3) is 0 Å². The summed E-state index contributed by atoms with van der Waals surface area (Å²) in [7, 11) is 0. The SMILES string of the molecule is C=CC(C=C)(CCCCC)Oc1ccccc1. The van der Waals surface area contributed by atoms with Crippen LogP contribution in [0, 0.1) is 0 Å². The van der Waals surface area contributed by atoms with Crippen LogP contribution in [0.3, 0.4) is 0 Å². The summed E-state index contributed by atoms with van der Waals surface area (Å²) in [5.41, 5.74) is -0.434. The number of para-hydroxylation sites is 1. The zero-order valence-corrected chi connectivity index (χ0v) is 10.7. The molecule has 1 aromatic rings. The monoisotopic (exact) mass is 230 g/mol. The molecule has 92 valence electrons. The van der Waals surface area contributed by atoms with Gasteiger partial charge in [0.15, 0.2) is 0 Å². The molecule has 0 aromatic heterocycles. The maximum atomic E-state index is 6.01. The highest BCUT2D eigenvalue weighted by Crippen LogP contribution is 2.25. The first-order chi connectivity index (χ1) is 8.26. The Balaban J connectivity index is 2.70. The summed E-state index contributed by atoms with van der Waals surface area (Å²) in [6.45, 7) is 9.96. The quantitative estimate of drug-likeness (QED) is 0.462. The van der Waals surface area contributed by atoms with E-state index < -0.39 is 5.60 Å². The summed E-state index contributed by atoms with van der Waals surface area (Å²) < 4.78 is 6.01. The van der Waals surface area contributed by atoms with Gasteiger partial charge >= 0.3 is 0 Å². The Bertz CT molecular complexity index is 332. The van der Waals surface area contributed by atoms with Gasteiger partial charge in [-0.15, -0.1) is 0 Å². The number of unbranched alkanes of at least 4 members (excludes halogenated alkanes) is 2. The third-order valence-electron chi connectivity index (χ3n) is 2.91. The Labute approximate surface area is 105 Å². The summed E-state index contributed by atoms with van der Waals surface area (Å²) in [5.74, 6) is 0.865. The lowest BCUT2D eigenvalue weighted by Gasteiger charge is -2.28. The van der Waals surface area contributed by atoms with E-state index in [1.807, 2.05) is 42.5 Å². The van der Waals surface area contributed by atoms with Crippen molar-refractivity contribution in [3.05, 3.63) is 55.6 Å². The fraction of sp³-hybridized carbons (Fsp3) is 0.375. The summed E-state index contributed by atoms with van der Waals surface area (Å²) in [4.78, 5) is 0. The van der Waals surface area contributed by atoms with Crippen molar-refractivity contribution in [1.29, 1.82) is 0 Å². The molecule has 0 N–H and O–H groups in total. The summed E-state index contributed by atoms with van der Waals surface area (Å²) in [6.07, 6.45) is 8.17. The lowest BCUT2D eigenvalue weighted by Crippen LogP contribution is -2.30. The van der Waals surface area contributed by atoms with Crippen LogP contribution in [0.25, 0.3) is 0 Å². The second kappa shape index (κ2) is 6.95. The van der Waals surface area contributed by atoms with Gasteiger partial charge in [0.05, 0.1) is 0 Å². The molecule has 0 heterocycles. The van der Waals surface area contributed by atoms with Gasteiger partial charge in [-0.25, -0.2) is 0 Å². The molecule has 0 spiro atoms. The van der Waals surface area contributed by atoms with Crippen molar-refractivity contribution in [3.8, 4) is 5.75 Å². The third kappa shape index (κ3) is 4.10. The lowest BCUT2D eigenvalue weighted by molar-refractivity contribution is 0.157. The summed E-state index contributed by atoms with van der Waals surface area (Å²) in [5, 5.41) is 0. The van der Waals surface area contributed by atoms with E-state index in [1.165, 1.54) is 12.8 Å². The van der Waals surface area contributed by atoms with Crippen molar-refractivity contribution in [2.45, 2.75) is 38.2 Å². The van der Waals surface area contributed by atoms with Crippen LogP contribution in [0.4, 0.5) is 0 Å². The molecule has 17 heavy (non-hydrogen) atoms. The smallest absolute Gasteiger partial charge is 0.145 e. The maximum absolute atomic E-state index is 6.01. The molecule has 0 saturated carbocycles. The molecule has 1 rings (SSSR count). The zero-order chi connectivity index (χ0) is 12.6. The van der Waals surface area contributed by atoms with Gasteiger partial charge in [-0.05, 0) is 37.1 Å². The molecule has 0 unspecified atom stereocenters. The minimum absolute atomic E-state index is 0.434. The molecule has 0 aliphatic carbocycles. The van der Waals surface area contributed by atoms with E-state index in [-0.39, 0.29) is 0 Å². The van der Waals surface area contributed by atoms with Gasteiger partial charge in [0.2, 0.25) is 0 Å². The Hall–Kier alpha value is -1.50. The van der Waals surface area contributed by atoms with E-state index in [0.717, 1.165) is 18.6 Å². The molecule has 0 atom stereocenters. The minimum atomic E-state index is -0.434.